The first-order valence-electron chi connectivity index (χ1n) is 6.39. The van der Waals surface area contributed by atoms with Crippen LogP contribution in [0.3, 0.4) is 0 Å². The van der Waals surface area contributed by atoms with E-state index in [0.717, 1.165) is 24.2 Å². The molecule has 0 heterocycles. The molecule has 0 unspecified atom stereocenters. The number of benzene rings is 2. The van der Waals surface area contributed by atoms with Gasteiger partial charge < -0.3 is 11.1 Å². The number of nitrogens with two attached hydrogens (primary N) is 1. The lowest BCUT2D eigenvalue weighted by Crippen LogP contribution is -1.99. The molecule has 0 aliphatic heterocycles. The normalized spacial score (nSPS) is 9.89. The summed E-state index contributed by atoms with van der Waals surface area (Å²) in [6, 6.07) is 15.5. The SMILES string of the molecule is CCCc1ccccc1Nc1cc(C#N)ccc1N. The fraction of sp³-hybridized carbons (Fsp3) is 0.188. The average molecular weight is 251 g/mol. The number of aryl methyl sites for hydroxylation is 1. The maximum Gasteiger partial charge on any atom is 0.0992 e. The average Bonchev–Trinajstić information content (AvgIpc) is 2.43. The van der Waals surface area contributed by atoms with Crippen LogP contribution >= 0.6 is 0 Å². The highest BCUT2D eigenvalue weighted by molar-refractivity contribution is 5.75. The Morgan fingerprint density at radius 3 is 2.68 bits per heavy atom. The van der Waals surface area contributed by atoms with E-state index in [4.69, 9.17) is 11.0 Å². The van der Waals surface area contributed by atoms with Gasteiger partial charge in [0.25, 0.3) is 0 Å². The maximum absolute atomic E-state index is 8.94. The van der Waals surface area contributed by atoms with Crippen molar-refractivity contribution in [3.05, 3.63) is 53.6 Å². The highest BCUT2D eigenvalue weighted by Crippen LogP contribution is 2.27. The summed E-state index contributed by atoms with van der Waals surface area (Å²) in [5, 5.41) is 12.3. The van der Waals surface area contributed by atoms with E-state index in [1.165, 1.54) is 5.56 Å². The fourth-order valence-corrected chi connectivity index (χ4v) is 2.01. The minimum absolute atomic E-state index is 0.602. The van der Waals surface area contributed by atoms with Gasteiger partial charge in [-0.2, -0.15) is 5.26 Å². The molecule has 19 heavy (non-hydrogen) atoms. The van der Waals surface area contributed by atoms with Crippen LogP contribution in [-0.2, 0) is 6.42 Å². The molecule has 96 valence electrons. The summed E-state index contributed by atoms with van der Waals surface area (Å²) in [7, 11) is 0. The first-order valence-corrected chi connectivity index (χ1v) is 6.39. The molecular weight excluding hydrogens is 234 g/mol. The van der Waals surface area contributed by atoms with Crippen molar-refractivity contribution >= 4 is 17.1 Å². The Labute approximate surface area is 113 Å². The minimum Gasteiger partial charge on any atom is -0.397 e. The minimum atomic E-state index is 0.602. The van der Waals surface area contributed by atoms with E-state index < -0.39 is 0 Å². The summed E-state index contributed by atoms with van der Waals surface area (Å²) in [4.78, 5) is 0. The zero-order valence-electron chi connectivity index (χ0n) is 11.0. The largest absolute Gasteiger partial charge is 0.397 e. The van der Waals surface area contributed by atoms with E-state index in [9.17, 15) is 0 Å². The van der Waals surface area contributed by atoms with Crippen molar-refractivity contribution in [2.24, 2.45) is 0 Å². The Bertz CT molecular complexity index is 612. The number of nitrogens with zero attached hydrogens (tertiary/aromatic N) is 1. The second-order valence-corrected chi connectivity index (χ2v) is 4.45. The smallest absolute Gasteiger partial charge is 0.0992 e. The second kappa shape index (κ2) is 5.92. The molecule has 0 spiro atoms. The van der Waals surface area contributed by atoms with Crippen molar-refractivity contribution in [1.82, 2.24) is 0 Å². The highest BCUT2D eigenvalue weighted by atomic mass is 14.9. The summed E-state index contributed by atoms with van der Waals surface area (Å²) >= 11 is 0. The highest BCUT2D eigenvalue weighted by Gasteiger charge is 2.05. The number of hydrogen-bond donors (Lipinski definition) is 2. The second-order valence-electron chi connectivity index (χ2n) is 4.45. The van der Waals surface area contributed by atoms with Gasteiger partial charge in [-0.25, -0.2) is 0 Å². The van der Waals surface area contributed by atoms with E-state index in [-0.39, 0.29) is 0 Å². The third-order valence-corrected chi connectivity index (χ3v) is 2.99. The van der Waals surface area contributed by atoms with Crippen LogP contribution < -0.4 is 11.1 Å². The molecule has 0 saturated carbocycles. The maximum atomic E-state index is 8.94. The van der Waals surface area contributed by atoms with Crippen molar-refractivity contribution < 1.29 is 0 Å². The third-order valence-electron chi connectivity index (χ3n) is 2.99. The lowest BCUT2D eigenvalue weighted by Gasteiger charge is -2.13. The van der Waals surface area contributed by atoms with Gasteiger partial charge in [0.1, 0.15) is 0 Å². The zero-order valence-corrected chi connectivity index (χ0v) is 11.0. The van der Waals surface area contributed by atoms with Gasteiger partial charge in [0.2, 0.25) is 0 Å². The van der Waals surface area contributed by atoms with Gasteiger partial charge in [-0.15, -0.1) is 0 Å². The Balaban J connectivity index is 2.33. The molecule has 0 radical (unpaired) electrons. The van der Waals surface area contributed by atoms with Crippen molar-refractivity contribution in [3.63, 3.8) is 0 Å². The number of nitriles is 1. The molecular formula is C16H17N3. The fourth-order valence-electron chi connectivity index (χ4n) is 2.01. The van der Waals surface area contributed by atoms with Gasteiger partial charge in [-0.3, -0.25) is 0 Å². The van der Waals surface area contributed by atoms with Gasteiger partial charge in [0.05, 0.1) is 23.0 Å². The standard InChI is InChI=1S/C16H17N3/c1-2-5-13-6-3-4-7-15(13)19-16-10-12(11-17)8-9-14(16)18/h3-4,6-10,19H,2,5,18H2,1H3. The third kappa shape index (κ3) is 3.05. The summed E-state index contributed by atoms with van der Waals surface area (Å²) in [6.45, 7) is 2.15. The monoisotopic (exact) mass is 251 g/mol. The van der Waals surface area contributed by atoms with Crippen LogP contribution in [0.25, 0.3) is 0 Å². The summed E-state index contributed by atoms with van der Waals surface area (Å²) in [6.07, 6.45) is 2.10. The molecule has 0 fully saturated rings. The summed E-state index contributed by atoms with van der Waals surface area (Å²) < 4.78 is 0. The Morgan fingerprint density at radius 1 is 1.16 bits per heavy atom. The summed E-state index contributed by atoms with van der Waals surface area (Å²) in [5.74, 6) is 0. The first kappa shape index (κ1) is 13.0. The van der Waals surface area contributed by atoms with Crippen LogP contribution in [-0.4, -0.2) is 0 Å². The predicted molar refractivity (Wildman–Crippen MR) is 79.3 cm³/mol. The van der Waals surface area contributed by atoms with Crippen LogP contribution in [0.4, 0.5) is 17.1 Å². The van der Waals surface area contributed by atoms with Gasteiger partial charge in [-0.05, 0) is 36.2 Å². The van der Waals surface area contributed by atoms with Crippen molar-refractivity contribution in [1.29, 1.82) is 5.26 Å². The Kier molecular flexibility index (Phi) is 4.04. The van der Waals surface area contributed by atoms with Gasteiger partial charge in [-0.1, -0.05) is 31.5 Å². The van der Waals surface area contributed by atoms with E-state index in [0.29, 0.717) is 11.3 Å². The Morgan fingerprint density at radius 2 is 1.95 bits per heavy atom. The molecule has 0 aromatic heterocycles. The molecule has 0 amide bonds. The number of nitrogen functional groups attached to an aromatic ring is 1. The van der Waals surface area contributed by atoms with Crippen LogP contribution in [0.1, 0.15) is 24.5 Å². The van der Waals surface area contributed by atoms with Crippen LogP contribution in [0.2, 0.25) is 0 Å². The van der Waals surface area contributed by atoms with Crippen molar-refractivity contribution in [2.45, 2.75) is 19.8 Å². The lowest BCUT2D eigenvalue weighted by atomic mass is 10.1. The molecule has 0 bridgehead atoms. The molecule has 3 heteroatoms. The number of nitrogens with one attached hydrogen (secondary N) is 1. The molecule has 2 rings (SSSR count). The summed E-state index contributed by atoms with van der Waals surface area (Å²) in [5.41, 5.74) is 10.3. The molecule has 0 aliphatic carbocycles. The van der Waals surface area contributed by atoms with Crippen LogP contribution in [0.15, 0.2) is 42.5 Å². The van der Waals surface area contributed by atoms with E-state index in [1.54, 1.807) is 18.2 Å². The van der Waals surface area contributed by atoms with E-state index >= 15 is 0 Å². The first-order chi connectivity index (χ1) is 9.24. The van der Waals surface area contributed by atoms with Crippen molar-refractivity contribution in [2.75, 3.05) is 11.1 Å². The molecule has 0 saturated heterocycles. The Hall–Kier alpha value is -2.47. The van der Waals surface area contributed by atoms with Crippen molar-refractivity contribution in [3.8, 4) is 6.07 Å². The molecule has 0 aliphatic rings. The zero-order chi connectivity index (χ0) is 13.7. The molecule has 3 N–H and O–H groups in total. The molecule has 2 aromatic carbocycles. The molecule has 2 aromatic rings. The molecule has 0 atom stereocenters. The van der Waals surface area contributed by atoms with Crippen LogP contribution in [0, 0.1) is 11.3 Å². The molecule has 3 nitrogen and oxygen atoms in total. The van der Waals surface area contributed by atoms with Gasteiger partial charge in [0, 0.05) is 5.69 Å². The lowest BCUT2D eigenvalue weighted by molar-refractivity contribution is 0.923. The van der Waals surface area contributed by atoms with E-state index in [1.807, 2.05) is 18.2 Å². The van der Waals surface area contributed by atoms with Gasteiger partial charge in [0.15, 0.2) is 0 Å². The number of anilines is 3. The predicted octanol–water partition coefficient (Wildman–Crippen LogP) is 3.84. The number of para-hydroxylation sites is 1. The van der Waals surface area contributed by atoms with E-state index in [2.05, 4.69) is 24.4 Å². The number of hydrogen-bond acceptors (Lipinski definition) is 3. The quantitative estimate of drug-likeness (QED) is 0.812. The number of rotatable bonds is 4. The van der Waals surface area contributed by atoms with Crippen LogP contribution in [0.5, 0.6) is 0 Å². The van der Waals surface area contributed by atoms with Gasteiger partial charge >= 0.3 is 0 Å². The topological polar surface area (TPSA) is 61.8 Å².